The molecule has 0 atom stereocenters. The lowest BCUT2D eigenvalue weighted by Crippen LogP contribution is -2.04. The Hall–Kier alpha value is -1.68. The zero-order valence-electron chi connectivity index (χ0n) is 8.79. The van der Waals surface area contributed by atoms with Gasteiger partial charge in [-0.05, 0) is 36.8 Å². The van der Waals surface area contributed by atoms with Crippen LogP contribution in [0.3, 0.4) is 0 Å². The Kier molecular flexibility index (Phi) is 2.75. The lowest BCUT2D eigenvalue weighted by molar-refractivity contribution is 0.592. The maximum atomic E-state index is 12.1. The minimum absolute atomic E-state index is 0.0960. The fourth-order valence-corrected chi connectivity index (χ4v) is 2.67. The van der Waals surface area contributed by atoms with Crippen LogP contribution in [0.2, 0.25) is 0 Å². The molecule has 1 heterocycles. The number of hydrogen-bond donors (Lipinski definition) is 0. The third kappa shape index (κ3) is 1.97. The molecule has 0 unspecified atom stereocenters. The van der Waals surface area contributed by atoms with Gasteiger partial charge in [0.25, 0.3) is 0 Å². The number of aromatic nitrogens is 1. The summed E-state index contributed by atoms with van der Waals surface area (Å²) in [6.07, 6.45) is 1.51. The lowest BCUT2D eigenvalue weighted by atomic mass is 10.3. The molecule has 3 nitrogen and oxygen atoms in total. The zero-order valence-corrected chi connectivity index (χ0v) is 9.61. The SMILES string of the molecule is Cc1ccnc(S(=O)(=O)c2ccccc2)c1. The fourth-order valence-electron chi connectivity index (χ4n) is 1.38. The molecule has 0 saturated carbocycles. The van der Waals surface area contributed by atoms with Crippen molar-refractivity contribution in [3.05, 3.63) is 54.2 Å². The van der Waals surface area contributed by atoms with Crippen molar-refractivity contribution in [3.63, 3.8) is 0 Å². The van der Waals surface area contributed by atoms with E-state index < -0.39 is 9.84 Å². The summed E-state index contributed by atoms with van der Waals surface area (Å²) in [4.78, 5) is 4.17. The molecule has 2 rings (SSSR count). The van der Waals surface area contributed by atoms with Gasteiger partial charge >= 0.3 is 0 Å². The number of benzene rings is 1. The number of aryl methyl sites for hydroxylation is 1. The minimum atomic E-state index is -3.47. The minimum Gasteiger partial charge on any atom is -0.244 e. The molecule has 1 aromatic heterocycles. The first kappa shape index (κ1) is 10.8. The number of hydrogen-bond acceptors (Lipinski definition) is 3. The Labute approximate surface area is 94.7 Å². The molecular weight excluding hydrogens is 222 g/mol. The molecule has 82 valence electrons. The highest BCUT2D eigenvalue weighted by Crippen LogP contribution is 2.18. The van der Waals surface area contributed by atoms with Crippen LogP contribution in [-0.4, -0.2) is 13.4 Å². The maximum Gasteiger partial charge on any atom is 0.223 e. The smallest absolute Gasteiger partial charge is 0.223 e. The second kappa shape index (κ2) is 4.06. The van der Waals surface area contributed by atoms with E-state index in [0.29, 0.717) is 0 Å². The molecule has 1 aromatic carbocycles. The standard InChI is InChI=1S/C12H11NO2S/c1-10-7-8-13-12(9-10)16(14,15)11-5-3-2-4-6-11/h2-9H,1H3. The van der Waals surface area contributed by atoms with E-state index in [4.69, 9.17) is 0 Å². The molecule has 0 saturated heterocycles. The Morgan fingerprint density at radius 2 is 1.75 bits per heavy atom. The highest BCUT2D eigenvalue weighted by atomic mass is 32.2. The van der Waals surface area contributed by atoms with Gasteiger partial charge in [-0.1, -0.05) is 18.2 Å². The largest absolute Gasteiger partial charge is 0.244 e. The molecule has 0 spiro atoms. The van der Waals surface area contributed by atoms with Crippen LogP contribution in [0.4, 0.5) is 0 Å². The highest BCUT2D eigenvalue weighted by Gasteiger charge is 2.18. The summed E-state index contributed by atoms with van der Waals surface area (Å²) < 4.78 is 24.2. The van der Waals surface area contributed by atoms with E-state index >= 15 is 0 Å². The Morgan fingerprint density at radius 1 is 1.06 bits per heavy atom. The predicted molar refractivity (Wildman–Crippen MR) is 60.9 cm³/mol. The second-order valence-electron chi connectivity index (χ2n) is 3.49. The predicted octanol–water partition coefficient (Wildman–Crippen LogP) is 2.22. The third-order valence-corrected chi connectivity index (χ3v) is 3.89. The van der Waals surface area contributed by atoms with Crippen molar-refractivity contribution in [3.8, 4) is 0 Å². The van der Waals surface area contributed by atoms with Gasteiger partial charge in [0, 0.05) is 6.20 Å². The lowest BCUT2D eigenvalue weighted by Gasteiger charge is -2.03. The van der Waals surface area contributed by atoms with E-state index in [1.807, 2.05) is 6.92 Å². The molecule has 0 radical (unpaired) electrons. The summed E-state index contributed by atoms with van der Waals surface area (Å²) >= 11 is 0. The van der Waals surface area contributed by atoms with Gasteiger partial charge in [-0.15, -0.1) is 0 Å². The molecule has 0 aliphatic heterocycles. The van der Waals surface area contributed by atoms with Crippen LogP contribution in [0.25, 0.3) is 0 Å². The van der Waals surface area contributed by atoms with E-state index in [2.05, 4.69) is 4.98 Å². The first-order chi connectivity index (χ1) is 7.60. The molecular formula is C12H11NO2S. The van der Waals surface area contributed by atoms with Gasteiger partial charge in [0.05, 0.1) is 4.90 Å². The van der Waals surface area contributed by atoms with Crippen LogP contribution in [0.5, 0.6) is 0 Å². The molecule has 4 heteroatoms. The van der Waals surface area contributed by atoms with E-state index in [9.17, 15) is 8.42 Å². The maximum absolute atomic E-state index is 12.1. The highest BCUT2D eigenvalue weighted by molar-refractivity contribution is 7.91. The van der Waals surface area contributed by atoms with Crippen molar-refractivity contribution >= 4 is 9.84 Å². The van der Waals surface area contributed by atoms with Gasteiger partial charge in [-0.3, -0.25) is 0 Å². The molecule has 0 bridgehead atoms. The van der Waals surface area contributed by atoms with Crippen molar-refractivity contribution in [2.24, 2.45) is 0 Å². The zero-order chi connectivity index (χ0) is 11.6. The second-order valence-corrected chi connectivity index (χ2v) is 5.38. The molecule has 2 aromatic rings. The third-order valence-electron chi connectivity index (χ3n) is 2.22. The normalized spacial score (nSPS) is 11.3. The van der Waals surface area contributed by atoms with E-state index in [1.54, 1.807) is 42.5 Å². The van der Waals surface area contributed by atoms with Crippen LogP contribution in [0.15, 0.2) is 58.6 Å². The van der Waals surface area contributed by atoms with Crippen molar-refractivity contribution in [2.75, 3.05) is 0 Å². The van der Waals surface area contributed by atoms with Gasteiger partial charge < -0.3 is 0 Å². The van der Waals surface area contributed by atoms with Crippen molar-refractivity contribution < 1.29 is 8.42 Å². The van der Waals surface area contributed by atoms with Crippen LogP contribution in [0, 0.1) is 6.92 Å². The first-order valence-electron chi connectivity index (χ1n) is 4.83. The summed E-state index contributed by atoms with van der Waals surface area (Å²) in [5, 5.41) is 0.0960. The number of sulfone groups is 1. The topological polar surface area (TPSA) is 47.0 Å². The summed E-state index contributed by atoms with van der Waals surface area (Å²) in [7, 11) is -3.47. The molecule has 0 N–H and O–H groups in total. The summed E-state index contributed by atoms with van der Waals surface area (Å²) in [6, 6.07) is 11.7. The van der Waals surface area contributed by atoms with Gasteiger partial charge in [0.2, 0.25) is 9.84 Å². The molecule has 0 fully saturated rings. The van der Waals surface area contributed by atoms with Gasteiger partial charge in [0.1, 0.15) is 0 Å². The Morgan fingerprint density at radius 3 is 2.38 bits per heavy atom. The van der Waals surface area contributed by atoms with E-state index in [1.165, 1.54) is 6.20 Å². The van der Waals surface area contributed by atoms with Gasteiger partial charge in [0.15, 0.2) is 5.03 Å². The molecule has 0 amide bonds. The van der Waals surface area contributed by atoms with Crippen LogP contribution >= 0.6 is 0 Å². The molecule has 0 aliphatic carbocycles. The quantitative estimate of drug-likeness (QED) is 0.799. The fraction of sp³-hybridized carbons (Fsp3) is 0.0833. The monoisotopic (exact) mass is 233 g/mol. The van der Waals surface area contributed by atoms with Crippen molar-refractivity contribution in [1.29, 1.82) is 0 Å². The van der Waals surface area contributed by atoms with E-state index in [-0.39, 0.29) is 9.92 Å². The summed E-state index contributed by atoms with van der Waals surface area (Å²) in [6.45, 7) is 1.84. The van der Waals surface area contributed by atoms with E-state index in [0.717, 1.165) is 5.56 Å². The number of nitrogens with zero attached hydrogens (tertiary/aromatic N) is 1. The Bertz CT molecular complexity index is 591. The first-order valence-corrected chi connectivity index (χ1v) is 6.32. The summed E-state index contributed by atoms with van der Waals surface area (Å²) in [5.74, 6) is 0. The molecule has 16 heavy (non-hydrogen) atoms. The van der Waals surface area contributed by atoms with Crippen molar-refractivity contribution in [1.82, 2.24) is 4.98 Å². The van der Waals surface area contributed by atoms with Crippen LogP contribution in [0.1, 0.15) is 5.56 Å². The molecule has 0 aliphatic rings. The average molecular weight is 233 g/mol. The Balaban J connectivity index is 2.56. The van der Waals surface area contributed by atoms with Crippen molar-refractivity contribution in [2.45, 2.75) is 16.8 Å². The summed E-state index contributed by atoms with van der Waals surface area (Å²) in [5.41, 5.74) is 0.879. The number of rotatable bonds is 2. The van der Waals surface area contributed by atoms with Gasteiger partial charge in [-0.2, -0.15) is 0 Å². The average Bonchev–Trinajstić information content (AvgIpc) is 2.30. The number of pyridine rings is 1. The van der Waals surface area contributed by atoms with Crippen LogP contribution in [-0.2, 0) is 9.84 Å². The van der Waals surface area contributed by atoms with Gasteiger partial charge in [-0.25, -0.2) is 13.4 Å². The van der Waals surface area contributed by atoms with Crippen LogP contribution < -0.4 is 0 Å².